The number of ketones is 1. The Morgan fingerprint density at radius 1 is 1.35 bits per heavy atom. The minimum Gasteiger partial charge on any atom is -0.511 e. The maximum atomic E-state index is 12.1. The summed E-state index contributed by atoms with van der Waals surface area (Å²) in [5.74, 6) is 1.15. The van der Waals surface area contributed by atoms with Crippen LogP contribution in [0.25, 0.3) is 0 Å². The van der Waals surface area contributed by atoms with E-state index in [0.717, 1.165) is 11.3 Å². The fourth-order valence-electron chi connectivity index (χ4n) is 2.32. The van der Waals surface area contributed by atoms with Gasteiger partial charge in [-0.3, -0.25) is 9.79 Å². The zero-order chi connectivity index (χ0) is 14.4. The van der Waals surface area contributed by atoms with E-state index in [1.54, 1.807) is 11.8 Å². The van der Waals surface area contributed by atoms with Crippen molar-refractivity contribution in [2.24, 2.45) is 4.99 Å². The fourth-order valence-corrected chi connectivity index (χ4v) is 2.61. The highest BCUT2D eigenvalue weighted by Crippen LogP contribution is 2.32. The van der Waals surface area contributed by atoms with E-state index >= 15 is 0 Å². The predicted octanol–water partition coefficient (Wildman–Crippen LogP) is 3.38. The molecule has 0 aliphatic heterocycles. The molecule has 0 bridgehead atoms. The summed E-state index contributed by atoms with van der Waals surface area (Å²) in [5, 5.41) is 10.1. The summed E-state index contributed by atoms with van der Waals surface area (Å²) >= 11 is 1.71. The number of carbonyl (C=O) groups excluding carboxylic acids is 1. The maximum Gasteiger partial charge on any atom is 0.168 e. The van der Waals surface area contributed by atoms with Gasteiger partial charge in [-0.2, -0.15) is 11.8 Å². The van der Waals surface area contributed by atoms with Gasteiger partial charge in [0.2, 0.25) is 0 Å². The highest BCUT2D eigenvalue weighted by molar-refractivity contribution is 7.98. The number of nitrogens with zero attached hydrogens (tertiary/aromatic N) is 1. The summed E-state index contributed by atoms with van der Waals surface area (Å²) < 4.78 is 0. The number of rotatable bonds is 5. The molecule has 1 aliphatic carbocycles. The lowest BCUT2D eigenvalue weighted by Crippen LogP contribution is -2.19. The van der Waals surface area contributed by atoms with Crippen LogP contribution in [0.3, 0.4) is 0 Å². The van der Waals surface area contributed by atoms with Crippen molar-refractivity contribution in [3.63, 3.8) is 0 Å². The summed E-state index contributed by atoms with van der Waals surface area (Å²) in [6, 6.07) is 9.87. The zero-order valence-corrected chi connectivity index (χ0v) is 12.4. The zero-order valence-electron chi connectivity index (χ0n) is 11.6. The molecule has 3 nitrogen and oxygen atoms in total. The van der Waals surface area contributed by atoms with E-state index in [1.807, 2.05) is 36.6 Å². The van der Waals surface area contributed by atoms with Crippen molar-refractivity contribution < 1.29 is 9.90 Å². The number of benzene rings is 1. The first-order chi connectivity index (χ1) is 9.72. The monoisotopic (exact) mass is 289 g/mol. The van der Waals surface area contributed by atoms with Crippen LogP contribution in [-0.4, -0.2) is 35.7 Å². The molecule has 0 fully saturated rings. The number of carbonyl (C=O) groups is 1. The average Bonchev–Trinajstić information content (AvgIpc) is 2.46. The third-order valence-corrected chi connectivity index (χ3v) is 3.99. The van der Waals surface area contributed by atoms with Crippen LogP contribution in [0, 0.1) is 0 Å². The van der Waals surface area contributed by atoms with Crippen LogP contribution in [0.15, 0.2) is 46.7 Å². The number of aliphatic hydroxyl groups excluding tert-OH is 1. The molecule has 0 heterocycles. The van der Waals surface area contributed by atoms with Gasteiger partial charge < -0.3 is 5.11 Å². The first-order valence-corrected chi connectivity index (χ1v) is 8.10. The van der Waals surface area contributed by atoms with Crippen molar-refractivity contribution in [1.82, 2.24) is 0 Å². The number of hydrogen-bond donors (Lipinski definition) is 1. The van der Waals surface area contributed by atoms with Gasteiger partial charge in [-0.05, 0) is 17.7 Å². The van der Waals surface area contributed by atoms with Gasteiger partial charge in [0.05, 0.1) is 5.57 Å². The minimum atomic E-state index is -0.0181. The number of aliphatic imine (C=N–C) groups is 1. The lowest BCUT2D eigenvalue weighted by molar-refractivity contribution is -0.116. The number of thioether (sulfide) groups is 1. The highest BCUT2D eigenvalue weighted by Gasteiger charge is 2.27. The molecular weight excluding hydrogens is 270 g/mol. The molecule has 0 radical (unpaired) electrons. The quantitative estimate of drug-likeness (QED) is 0.668. The topological polar surface area (TPSA) is 49.7 Å². The standard InChI is InChI=1S/C16H19NO2S/c1-20-8-7-17-11-14-15(18)9-13(10-16(14)19)12-5-3-2-4-6-12/h2-6,11,13,18H,7-10H2,1H3. The summed E-state index contributed by atoms with van der Waals surface area (Å²) in [6.07, 6.45) is 4.51. The molecule has 1 aliphatic rings. The molecule has 20 heavy (non-hydrogen) atoms. The van der Waals surface area contributed by atoms with Crippen molar-refractivity contribution in [2.45, 2.75) is 18.8 Å². The van der Waals surface area contributed by atoms with Crippen LogP contribution >= 0.6 is 11.8 Å². The molecule has 0 saturated carbocycles. The van der Waals surface area contributed by atoms with Gasteiger partial charge in [0.25, 0.3) is 0 Å². The van der Waals surface area contributed by atoms with E-state index in [4.69, 9.17) is 0 Å². The minimum absolute atomic E-state index is 0.0181. The first-order valence-electron chi connectivity index (χ1n) is 6.71. The molecule has 2 rings (SSSR count). The average molecular weight is 289 g/mol. The number of hydrogen-bond acceptors (Lipinski definition) is 4. The van der Waals surface area contributed by atoms with E-state index in [-0.39, 0.29) is 17.5 Å². The van der Waals surface area contributed by atoms with E-state index in [0.29, 0.717) is 25.0 Å². The van der Waals surface area contributed by atoms with E-state index in [9.17, 15) is 9.90 Å². The Kier molecular flexibility index (Phi) is 5.41. The van der Waals surface area contributed by atoms with Crippen molar-refractivity contribution in [3.8, 4) is 0 Å². The van der Waals surface area contributed by atoms with Crippen LogP contribution in [0.1, 0.15) is 24.3 Å². The number of Topliss-reactive ketones (excluding diaryl/α,β-unsaturated/α-hetero) is 1. The highest BCUT2D eigenvalue weighted by atomic mass is 32.2. The Labute approximate surface area is 123 Å². The fraction of sp³-hybridized carbons (Fsp3) is 0.375. The molecule has 0 spiro atoms. The van der Waals surface area contributed by atoms with Gasteiger partial charge in [-0.25, -0.2) is 0 Å². The van der Waals surface area contributed by atoms with Gasteiger partial charge in [0.1, 0.15) is 5.76 Å². The van der Waals surface area contributed by atoms with Crippen molar-refractivity contribution in [1.29, 1.82) is 0 Å². The van der Waals surface area contributed by atoms with Crippen LogP contribution in [0.4, 0.5) is 0 Å². The van der Waals surface area contributed by atoms with Gasteiger partial charge >= 0.3 is 0 Å². The summed E-state index contributed by atoms with van der Waals surface area (Å²) in [7, 11) is 0. The third-order valence-electron chi connectivity index (χ3n) is 3.40. The van der Waals surface area contributed by atoms with Crippen LogP contribution < -0.4 is 0 Å². The second-order valence-corrected chi connectivity index (χ2v) is 5.81. The van der Waals surface area contributed by atoms with Crippen molar-refractivity contribution in [2.75, 3.05) is 18.6 Å². The molecule has 1 aromatic carbocycles. The molecule has 1 N–H and O–H groups in total. The molecular formula is C16H19NO2S. The maximum absolute atomic E-state index is 12.1. The van der Waals surface area contributed by atoms with Gasteiger partial charge in [-0.15, -0.1) is 0 Å². The summed E-state index contributed by atoms with van der Waals surface area (Å²) in [6.45, 7) is 0.674. The lowest BCUT2D eigenvalue weighted by atomic mass is 9.83. The molecule has 0 amide bonds. The molecule has 1 atom stereocenters. The summed E-state index contributed by atoms with van der Waals surface area (Å²) in [4.78, 5) is 16.3. The molecule has 1 unspecified atom stereocenters. The smallest absolute Gasteiger partial charge is 0.168 e. The summed E-state index contributed by atoms with van der Waals surface area (Å²) in [5.41, 5.74) is 1.49. The SMILES string of the molecule is CSCCN=CC1=C(O)CC(c2ccccc2)CC1=O. The van der Waals surface area contributed by atoms with E-state index < -0.39 is 0 Å². The van der Waals surface area contributed by atoms with Crippen molar-refractivity contribution >= 4 is 23.8 Å². The molecule has 0 aromatic heterocycles. The van der Waals surface area contributed by atoms with Gasteiger partial charge in [-0.1, -0.05) is 30.3 Å². The number of allylic oxidation sites excluding steroid dienone is 2. The first kappa shape index (κ1) is 14.9. The Bertz CT molecular complexity index is 523. The molecule has 4 heteroatoms. The van der Waals surface area contributed by atoms with Crippen molar-refractivity contribution in [3.05, 3.63) is 47.2 Å². The second-order valence-electron chi connectivity index (χ2n) is 4.83. The van der Waals surface area contributed by atoms with E-state index in [2.05, 4.69) is 4.99 Å². The van der Waals surface area contributed by atoms with Crippen LogP contribution in [0.5, 0.6) is 0 Å². The predicted molar refractivity (Wildman–Crippen MR) is 84.8 cm³/mol. The Hall–Kier alpha value is -1.55. The number of aliphatic hydroxyl groups is 1. The third kappa shape index (κ3) is 3.73. The Morgan fingerprint density at radius 3 is 2.75 bits per heavy atom. The molecule has 1 aromatic rings. The Balaban J connectivity index is 2.09. The normalized spacial score (nSPS) is 19.9. The Morgan fingerprint density at radius 2 is 2.10 bits per heavy atom. The van der Waals surface area contributed by atoms with Crippen LogP contribution in [0.2, 0.25) is 0 Å². The van der Waals surface area contributed by atoms with Crippen LogP contribution in [-0.2, 0) is 4.79 Å². The lowest BCUT2D eigenvalue weighted by Gasteiger charge is -2.22. The van der Waals surface area contributed by atoms with Gasteiger partial charge in [0, 0.05) is 31.4 Å². The van der Waals surface area contributed by atoms with Gasteiger partial charge in [0.15, 0.2) is 5.78 Å². The van der Waals surface area contributed by atoms with E-state index in [1.165, 1.54) is 6.21 Å². The largest absolute Gasteiger partial charge is 0.511 e. The second kappa shape index (κ2) is 7.29. The molecule has 0 saturated heterocycles. The molecule has 106 valence electrons.